The fourth-order valence-corrected chi connectivity index (χ4v) is 5.88. The number of nitrogens with two attached hydrogens (primary N) is 1. The molecule has 0 fully saturated rings. The predicted molar refractivity (Wildman–Crippen MR) is 173 cm³/mol. The number of nitrogens with zero attached hydrogens (tertiary/aromatic N) is 1. The first-order valence-corrected chi connectivity index (χ1v) is 16.0. The summed E-state index contributed by atoms with van der Waals surface area (Å²) < 4.78 is 51.5. The van der Waals surface area contributed by atoms with E-state index in [9.17, 15) is 27.6 Å². The van der Waals surface area contributed by atoms with Gasteiger partial charge in [-0.15, -0.1) is 11.3 Å². The van der Waals surface area contributed by atoms with Gasteiger partial charge < -0.3 is 20.5 Å². The van der Waals surface area contributed by atoms with E-state index in [1.807, 2.05) is 13.8 Å². The van der Waals surface area contributed by atoms with Crippen LogP contribution in [0.15, 0.2) is 54.6 Å². The van der Waals surface area contributed by atoms with E-state index in [1.165, 1.54) is 24.3 Å². The number of halogens is 3. The van der Waals surface area contributed by atoms with E-state index < -0.39 is 35.5 Å². The Morgan fingerprint density at radius 1 is 0.851 bits per heavy atom. The second-order valence-electron chi connectivity index (χ2n) is 11.0. The van der Waals surface area contributed by atoms with Crippen LogP contribution in [0.25, 0.3) is 10.4 Å². The van der Waals surface area contributed by atoms with E-state index in [0.717, 1.165) is 29.0 Å². The van der Waals surface area contributed by atoms with Gasteiger partial charge in [0.15, 0.2) is 11.6 Å². The summed E-state index contributed by atoms with van der Waals surface area (Å²) in [6.45, 7) is 7.06. The molecule has 2 heterocycles. The highest BCUT2D eigenvalue weighted by atomic mass is 32.1. The molecule has 1 amide bonds. The molecule has 0 aliphatic rings. The molecule has 0 saturated carbocycles. The van der Waals surface area contributed by atoms with Crippen molar-refractivity contribution in [1.82, 2.24) is 10.3 Å². The Bertz CT molecular complexity index is 1760. The third kappa shape index (κ3) is 8.44. The fourth-order valence-electron chi connectivity index (χ4n) is 4.90. The summed E-state index contributed by atoms with van der Waals surface area (Å²) in [5.74, 6) is -4.55. The maximum atomic E-state index is 13.7. The number of pyridine rings is 1. The zero-order valence-electron chi connectivity index (χ0n) is 26.5. The average Bonchev–Trinajstić information content (AvgIpc) is 3.54. The minimum Gasteiger partial charge on any atom is -0.462 e. The molecule has 0 aliphatic heterocycles. The largest absolute Gasteiger partial charge is 0.462 e. The predicted octanol–water partition coefficient (Wildman–Crippen LogP) is 6.95. The van der Waals surface area contributed by atoms with Gasteiger partial charge in [0.2, 0.25) is 0 Å². The Morgan fingerprint density at radius 2 is 1.49 bits per heavy atom. The van der Waals surface area contributed by atoms with Crippen LogP contribution in [0.5, 0.6) is 0 Å². The Kier molecular flexibility index (Phi) is 11.9. The Morgan fingerprint density at radius 3 is 2.11 bits per heavy atom. The molecule has 0 unspecified atom stereocenters. The van der Waals surface area contributed by atoms with E-state index in [4.69, 9.17) is 20.2 Å². The summed E-state index contributed by atoms with van der Waals surface area (Å²) in [7, 11) is 0. The number of aromatic nitrogens is 1. The molecule has 12 heteroatoms. The first kappa shape index (κ1) is 35.3. The number of aryl methyl sites for hydroxylation is 2. The number of ether oxygens (including phenoxy) is 2. The molecule has 4 aromatic rings. The zero-order valence-corrected chi connectivity index (χ0v) is 27.3. The first-order chi connectivity index (χ1) is 22.4. The van der Waals surface area contributed by atoms with Crippen LogP contribution in [0.1, 0.15) is 86.6 Å². The fraction of sp³-hybridized carbons (Fsp3) is 0.314. The molecule has 8 nitrogen and oxygen atoms in total. The number of amides is 1. The number of hydrogen-bond donors (Lipinski definition) is 2. The summed E-state index contributed by atoms with van der Waals surface area (Å²) in [5.41, 5.74) is 8.54. The van der Waals surface area contributed by atoms with Crippen molar-refractivity contribution in [3.05, 3.63) is 111 Å². The van der Waals surface area contributed by atoms with Gasteiger partial charge in [0.25, 0.3) is 5.91 Å². The van der Waals surface area contributed by atoms with Crippen LogP contribution in [-0.2, 0) is 28.9 Å². The van der Waals surface area contributed by atoms with Gasteiger partial charge in [0, 0.05) is 17.0 Å². The first-order valence-electron chi connectivity index (χ1n) is 15.2. The minimum atomic E-state index is -1.03. The quantitative estimate of drug-likeness (QED) is 0.148. The number of rotatable bonds is 13. The Labute approximate surface area is 275 Å². The maximum absolute atomic E-state index is 13.7. The normalized spacial score (nSPS) is 11.8. The molecule has 2 aromatic heterocycles. The van der Waals surface area contributed by atoms with Gasteiger partial charge in [0.05, 0.1) is 46.6 Å². The van der Waals surface area contributed by atoms with Gasteiger partial charge in [0.1, 0.15) is 5.82 Å². The molecule has 2 aromatic carbocycles. The third-order valence-corrected chi connectivity index (χ3v) is 8.47. The zero-order chi connectivity index (χ0) is 34.2. The van der Waals surface area contributed by atoms with E-state index in [-0.39, 0.29) is 65.2 Å². The van der Waals surface area contributed by atoms with E-state index in [0.29, 0.717) is 22.6 Å². The second-order valence-corrected chi connectivity index (χ2v) is 12.1. The van der Waals surface area contributed by atoms with E-state index >= 15 is 0 Å². The standard InChI is InChI=1S/C35H36F3N3O5S/c1-5-45-34(43)28-25(14-10-20-7-11-22(36)12-8-20)41-32(31(39)19(3)4)30(35(44)46-6-2)29(28)26-15-16-27(47-26)33(42)40-18-21-9-13-23(37)24(38)17-21/h7-9,11-13,15-17,19,31H,5-6,10,14,18,39H2,1-4H3,(H,40,42)/t31-/m0/s1. The van der Waals surface area contributed by atoms with Crippen molar-refractivity contribution < 1.29 is 37.0 Å². The van der Waals surface area contributed by atoms with Gasteiger partial charge in [-0.05, 0) is 80.1 Å². The van der Waals surface area contributed by atoms with Gasteiger partial charge >= 0.3 is 11.9 Å². The average molecular weight is 668 g/mol. The monoisotopic (exact) mass is 667 g/mol. The Balaban J connectivity index is 1.87. The van der Waals surface area contributed by atoms with Crippen LogP contribution in [-0.4, -0.2) is 36.0 Å². The number of esters is 2. The number of carbonyl (C=O) groups is 3. The second kappa shape index (κ2) is 15.8. The summed E-state index contributed by atoms with van der Waals surface area (Å²) in [6, 6.07) is 11.7. The molecule has 1 atom stereocenters. The molecule has 0 radical (unpaired) electrons. The molecular weight excluding hydrogens is 631 g/mol. The van der Waals surface area contributed by atoms with Crippen molar-refractivity contribution in [2.24, 2.45) is 11.7 Å². The van der Waals surface area contributed by atoms with Crippen molar-refractivity contribution in [3.8, 4) is 10.4 Å². The van der Waals surface area contributed by atoms with Gasteiger partial charge in [-0.3, -0.25) is 9.78 Å². The molecule has 0 spiro atoms. The Hall–Kier alpha value is -4.55. The van der Waals surface area contributed by atoms with Crippen LogP contribution in [0.3, 0.4) is 0 Å². The summed E-state index contributed by atoms with van der Waals surface area (Å²) in [4.78, 5) is 45.9. The summed E-state index contributed by atoms with van der Waals surface area (Å²) in [6.07, 6.45) is 0.608. The molecular formula is C35H36F3N3O5S. The lowest BCUT2D eigenvalue weighted by Crippen LogP contribution is -2.26. The van der Waals surface area contributed by atoms with Crippen LogP contribution in [0, 0.1) is 23.4 Å². The number of nitrogens with one attached hydrogen (secondary N) is 1. The number of carbonyl (C=O) groups excluding carboxylic acids is 3. The van der Waals surface area contributed by atoms with Crippen molar-refractivity contribution in [2.75, 3.05) is 13.2 Å². The smallest absolute Gasteiger partial charge is 0.340 e. The molecule has 47 heavy (non-hydrogen) atoms. The van der Waals surface area contributed by atoms with E-state index in [1.54, 1.807) is 32.0 Å². The summed E-state index contributed by atoms with van der Waals surface area (Å²) in [5, 5.41) is 2.68. The van der Waals surface area contributed by atoms with Gasteiger partial charge in [-0.25, -0.2) is 22.8 Å². The highest BCUT2D eigenvalue weighted by molar-refractivity contribution is 7.17. The number of thiophene rings is 1. The highest BCUT2D eigenvalue weighted by Crippen LogP contribution is 2.39. The van der Waals surface area contributed by atoms with Crippen LogP contribution >= 0.6 is 11.3 Å². The van der Waals surface area contributed by atoms with Crippen LogP contribution in [0.4, 0.5) is 13.2 Å². The topological polar surface area (TPSA) is 121 Å². The third-order valence-electron chi connectivity index (χ3n) is 7.37. The molecule has 0 aliphatic carbocycles. The maximum Gasteiger partial charge on any atom is 0.340 e. The molecule has 0 bridgehead atoms. The molecule has 3 N–H and O–H groups in total. The lowest BCUT2D eigenvalue weighted by molar-refractivity contribution is 0.0523. The van der Waals surface area contributed by atoms with Gasteiger partial charge in [-0.1, -0.05) is 32.0 Å². The highest BCUT2D eigenvalue weighted by Gasteiger charge is 2.33. The van der Waals surface area contributed by atoms with Crippen LogP contribution < -0.4 is 11.1 Å². The molecule has 248 valence electrons. The van der Waals surface area contributed by atoms with Crippen molar-refractivity contribution in [2.45, 2.75) is 53.1 Å². The van der Waals surface area contributed by atoms with Gasteiger partial charge in [-0.2, -0.15) is 0 Å². The lowest BCUT2D eigenvalue weighted by Gasteiger charge is -2.24. The number of hydrogen-bond acceptors (Lipinski definition) is 8. The minimum absolute atomic E-state index is 0.00256. The van der Waals surface area contributed by atoms with Crippen molar-refractivity contribution in [1.29, 1.82) is 0 Å². The van der Waals surface area contributed by atoms with Crippen molar-refractivity contribution >= 4 is 29.2 Å². The lowest BCUT2D eigenvalue weighted by atomic mass is 9.89. The summed E-state index contributed by atoms with van der Waals surface area (Å²) >= 11 is 1.02. The molecule has 4 rings (SSSR count). The van der Waals surface area contributed by atoms with Crippen molar-refractivity contribution in [3.63, 3.8) is 0 Å². The van der Waals surface area contributed by atoms with Crippen LogP contribution in [0.2, 0.25) is 0 Å². The van der Waals surface area contributed by atoms with E-state index in [2.05, 4.69) is 5.32 Å². The number of benzene rings is 2. The molecule has 0 saturated heterocycles. The SMILES string of the molecule is CCOC(=O)c1c(CCc2ccc(F)cc2)nc([C@@H](N)C(C)C)c(C(=O)OCC)c1-c1ccc(C(=O)NCc2ccc(F)c(F)c2)s1.